The molecule has 41 heavy (non-hydrogen) atoms. The summed E-state index contributed by atoms with van der Waals surface area (Å²) < 4.78 is 10.8. The quantitative estimate of drug-likeness (QED) is 0.0483. The molecule has 0 heterocycles. The molecule has 2 N–H and O–H groups in total. The molecule has 0 aromatic carbocycles. The van der Waals surface area contributed by atoms with Crippen LogP contribution in [0.25, 0.3) is 0 Å². The van der Waals surface area contributed by atoms with E-state index in [-0.39, 0.29) is 11.9 Å². The van der Waals surface area contributed by atoms with Crippen molar-refractivity contribution in [3.63, 3.8) is 0 Å². The molecule has 0 rings (SSSR count). The number of unbranched alkanes of at least 4 members (excludes halogenated alkanes) is 6. The lowest BCUT2D eigenvalue weighted by Crippen LogP contribution is -2.38. The van der Waals surface area contributed by atoms with E-state index in [9.17, 15) is 19.8 Å². The summed E-state index contributed by atoms with van der Waals surface area (Å²) in [6.45, 7) is 11.5. The molecule has 244 valence electrons. The molecule has 0 aliphatic carbocycles. The Bertz CT molecular complexity index is 567. The molecular weight excluding hydrogens is 538 g/mol. The van der Waals surface area contributed by atoms with E-state index in [1.54, 1.807) is 0 Å². The van der Waals surface area contributed by atoms with Gasteiger partial charge in [0, 0.05) is 25.9 Å². The SMILES string of the molecule is CCC(CC)COC(=O)CCCCCCC(O)CN(CCCS)CC(O)CCCCCCC(=O)OCC(CC)CC. The van der Waals surface area contributed by atoms with Crippen LogP contribution in [0.3, 0.4) is 0 Å². The molecule has 0 amide bonds. The van der Waals surface area contributed by atoms with Gasteiger partial charge in [-0.15, -0.1) is 0 Å². The lowest BCUT2D eigenvalue weighted by Gasteiger charge is -2.27. The largest absolute Gasteiger partial charge is 0.465 e. The number of carbonyl (C=O) groups is 2. The van der Waals surface area contributed by atoms with Gasteiger partial charge in [-0.2, -0.15) is 12.6 Å². The van der Waals surface area contributed by atoms with Crippen LogP contribution >= 0.6 is 12.6 Å². The Labute approximate surface area is 257 Å². The highest BCUT2D eigenvalue weighted by Gasteiger charge is 2.16. The Balaban J connectivity index is 4.04. The molecule has 0 aliphatic rings. The molecule has 2 unspecified atom stereocenters. The molecule has 8 heteroatoms. The fourth-order valence-corrected chi connectivity index (χ4v) is 5.09. The predicted octanol–water partition coefficient (Wildman–Crippen LogP) is 6.97. The molecule has 0 fully saturated rings. The van der Waals surface area contributed by atoms with E-state index in [1.807, 2.05) is 0 Å². The summed E-state index contributed by atoms with van der Waals surface area (Å²) in [5.41, 5.74) is 0. The average molecular weight is 604 g/mol. The Morgan fingerprint density at radius 1 is 0.634 bits per heavy atom. The van der Waals surface area contributed by atoms with Gasteiger partial charge in [0.2, 0.25) is 0 Å². The number of thiol groups is 1. The molecule has 0 radical (unpaired) electrons. The first-order valence-electron chi connectivity index (χ1n) is 16.8. The number of hydrogen-bond donors (Lipinski definition) is 3. The van der Waals surface area contributed by atoms with E-state index in [4.69, 9.17) is 9.47 Å². The molecule has 0 saturated carbocycles. The van der Waals surface area contributed by atoms with Gasteiger partial charge in [0.05, 0.1) is 25.4 Å². The summed E-state index contributed by atoms with van der Waals surface area (Å²) in [7, 11) is 0. The van der Waals surface area contributed by atoms with Gasteiger partial charge in [0.1, 0.15) is 0 Å². The minimum absolute atomic E-state index is 0.0945. The second-order valence-corrected chi connectivity index (χ2v) is 12.2. The number of aliphatic hydroxyl groups is 2. The first-order valence-corrected chi connectivity index (χ1v) is 17.4. The van der Waals surface area contributed by atoms with E-state index in [0.717, 1.165) is 109 Å². The number of carbonyl (C=O) groups excluding carboxylic acids is 2. The van der Waals surface area contributed by atoms with Crippen LogP contribution in [0.15, 0.2) is 0 Å². The number of rotatable bonds is 29. The van der Waals surface area contributed by atoms with Crippen molar-refractivity contribution in [1.29, 1.82) is 0 Å². The molecule has 2 atom stereocenters. The zero-order valence-corrected chi connectivity index (χ0v) is 27.9. The zero-order valence-electron chi connectivity index (χ0n) is 27.0. The van der Waals surface area contributed by atoms with Crippen molar-refractivity contribution in [2.24, 2.45) is 11.8 Å². The van der Waals surface area contributed by atoms with Crippen molar-refractivity contribution < 1.29 is 29.3 Å². The first kappa shape index (κ1) is 40.2. The van der Waals surface area contributed by atoms with E-state index in [1.165, 1.54) is 0 Å². The van der Waals surface area contributed by atoms with Crippen molar-refractivity contribution in [2.45, 2.75) is 149 Å². The van der Waals surface area contributed by atoms with Crippen LogP contribution < -0.4 is 0 Å². The van der Waals surface area contributed by atoms with Crippen molar-refractivity contribution in [3.05, 3.63) is 0 Å². The third-order valence-electron chi connectivity index (χ3n) is 8.18. The average Bonchev–Trinajstić information content (AvgIpc) is 2.96. The fourth-order valence-electron chi connectivity index (χ4n) is 4.95. The van der Waals surface area contributed by atoms with Gasteiger partial charge in [0.25, 0.3) is 0 Å². The molecule has 0 saturated heterocycles. The topological polar surface area (TPSA) is 96.3 Å². The van der Waals surface area contributed by atoms with Crippen molar-refractivity contribution in [1.82, 2.24) is 4.90 Å². The summed E-state index contributed by atoms with van der Waals surface area (Å²) in [5, 5.41) is 21.2. The van der Waals surface area contributed by atoms with Crippen LogP contribution in [0.1, 0.15) is 137 Å². The minimum Gasteiger partial charge on any atom is -0.465 e. The van der Waals surface area contributed by atoms with Crippen LogP contribution in [-0.2, 0) is 19.1 Å². The lowest BCUT2D eigenvalue weighted by molar-refractivity contribution is -0.146. The number of esters is 2. The van der Waals surface area contributed by atoms with Crippen molar-refractivity contribution in [2.75, 3.05) is 38.6 Å². The molecule has 0 spiro atoms. The Morgan fingerprint density at radius 3 is 1.39 bits per heavy atom. The van der Waals surface area contributed by atoms with E-state index in [2.05, 4.69) is 45.2 Å². The predicted molar refractivity (Wildman–Crippen MR) is 172 cm³/mol. The van der Waals surface area contributed by atoms with Gasteiger partial charge in [0.15, 0.2) is 0 Å². The zero-order chi connectivity index (χ0) is 30.7. The van der Waals surface area contributed by atoms with Crippen molar-refractivity contribution >= 4 is 24.6 Å². The Kier molecular flexibility index (Phi) is 27.4. The maximum Gasteiger partial charge on any atom is 0.305 e. The normalized spacial score (nSPS) is 13.2. The van der Waals surface area contributed by atoms with Crippen LogP contribution in [0.4, 0.5) is 0 Å². The number of aliphatic hydroxyl groups excluding tert-OH is 2. The summed E-state index contributed by atoms with van der Waals surface area (Å²) in [6, 6.07) is 0. The summed E-state index contributed by atoms with van der Waals surface area (Å²) in [5.74, 6) is 1.52. The third-order valence-corrected chi connectivity index (χ3v) is 8.49. The Hall–Kier alpha value is -0.830. The second kappa shape index (κ2) is 28.0. The Morgan fingerprint density at radius 2 is 1.02 bits per heavy atom. The van der Waals surface area contributed by atoms with E-state index >= 15 is 0 Å². The van der Waals surface area contributed by atoms with Gasteiger partial charge < -0.3 is 19.7 Å². The third kappa shape index (κ3) is 24.3. The summed E-state index contributed by atoms with van der Waals surface area (Å²) in [6.07, 6.45) is 14.1. The smallest absolute Gasteiger partial charge is 0.305 e. The second-order valence-electron chi connectivity index (χ2n) is 11.8. The number of nitrogens with zero attached hydrogens (tertiary/aromatic N) is 1. The number of ether oxygens (including phenoxy) is 2. The number of hydrogen-bond acceptors (Lipinski definition) is 8. The summed E-state index contributed by atoms with van der Waals surface area (Å²) >= 11 is 4.33. The van der Waals surface area contributed by atoms with Gasteiger partial charge in [-0.05, 0) is 56.2 Å². The van der Waals surface area contributed by atoms with E-state index < -0.39 is 12.2 Å². The van der Waals surface area contributed by atoms with Gasteiger partial charge in [-0.25, -0.2) is 0 Å². The fraction of sp³-hybridized carbons (Fsp3) is 0.939. The lowest BCUT2D eigenvalue weighted by atomic mass is 10.1. The first-order chi connectivity index (χ1) is 19.8. The van der Waals surface area contributed by atoms with Crippen LogP contribution in [0.5, 0.6) is 0 Å². The minimum atomic E-state index is -0.420. The molecule has 0 aromatic heterocycles. The maximum absolute atomic E-state index is 11.9. The monoisotopic (exact) mass is 603 g/mol. The highest BCUT2D eigenvalue weighted by Crippen LogP contribution is 2.14. The molecule has 7 nitrogen and oxygen atoms in total. The highest BCUT2D eigenvalue weighted by atomic mass is 32.1. The van der Waals surface area contributed by atoms with Crippen molar-refractivity contribution in [3.8, 4) is 0 Å². The molecule has 0 aromatic rings. The highest BCUT2D eigenvalue weighted by molar-refractivity contribution is 7.80. The standard InChI is InChI=1S/C33H65NO6S/c1-5-28(6-2)26-39-32(37)20-15-11-9-13-18-30(35)24-34(22-17-23-41)25-31(36)19-14-10-12-16-21-33(38)40-27-29(7-3)8-4/h28-31,35-36,41H,5-27H2,1-4H3. The van der Waals surface area contributed by atoms with Gasteiger partial charge >= 0.3 is 11.9 Å². The van der Waals surface area contributed by atoms with Gasteiger partial charge in [-0.1, -0.05) is 91.9 Å². The van der Waals surface area contributed by atoms with Crippen LogP contribution in [0.2, 0.25) is 0 Å². The van der Waals surface area contributed by atoms with Gasteiger partial charge in [-0.3, -0.25) is 14.5 Å². The molecule has 0 bridgehead atoms. The summed E-state index contributed by atoms with van der Waals surface area (Å²) in [4.78, 5) is 26.0. The van der Waals surface area contributed by atoms with Crippen LogP contribution in [-0.4, -0.2) is 77.9 Å². The molecular formula is C33H65NO6S. The maximum atomic E-state index is 11.9. The molecule has 0 aliphatic heterocycles. The van der Waals surface area contributed by atoms with Crippen LogP contribution in [0, 0.1) is 11.8 Å². The van der Waals surface area contributed by atoms with E-state index in [0.29, 0.717) is 51.0 Å².